The molecule has 0 radical (unpaired) electrons. The van der Waals surface area contributed by atoms with Crippen molar-refractivity contribution >= 4 is 17.2 Å². The minimum atomic E-state index is -0.494. The monoisotopic (exact) mass is 428 g/mol. The number of hydrogen-bond donors (Lipinski definition) is 1. The predicted molar refractivity (Wildman–Crippen MR) is 122 cm³/mol. The quantitative estimate of drug-likeness (QED) is 0.618. The number of nitrogens with zero attached hydrogens (tertiary/aromatic N) is 2. The van der Waals surface area contributed by atoms with Crippen LogP contribution in [0.5, 0.6) is 5.75 Å². The van der Waals surface area contributed by atoms with Crippen molar-refractivity contribution in [3.8, 4) is 5.75 Å². The maximum Gasteiger partial charge on any atom is 0.237 e. The number of fused-ring (bicyclic) bond motifs is 1. The number of ether oxygens (including phenoxy) is 1. The molecule has 0 spiro atoms. The number of carbonyl (C=O) groups is 1. The smallest absolute Gasteiger partial charge is 0.237 e. The second-order valence-electron chi connectivity index (χ2n) is 8.06. The van der Waals surface area contributed by atoms with Crippen molar-refractivity contribution in [2.45, 2.75) is 39.3 Å². The highest BCUT2D eigenvalue weighted by Crippen LogP contribution is 2.34. The van der Waals surface area contributed by atoms with E-state index in [-0.39, 0.29) is 18.5 Å². The number of aliphatic hydroxyl groups excluding tert-OH is 1. The van der Waals surface area contributed by atoms with Crippen molar-refractivity contribution < 1.29 is 14.6 Å². The molecule has 3 rings (SSSR count). The largest absolute Gasteiger partial charge is 0.491 e. The molecule has 2 heterocycles. The van der Waals surface area contributed by atoms with Crippen molar-refractivity contribution in [2.75, 3.05) is 32.8 Å². The van der Waals surface area contributed by atoms with Gasteiger partial charge in [-0.2, -0.15) is 0 Å². The summed E-state index contributed by atoms with van der Waals surface area (Å²) in [7, 11) is 0. The van der Waals surface area contributed by atoms with E-state index in [0.29, 0.717) is 26.2 Å². The number of aryl methyl sites for hydroxylation is 2. The normalized spacial score (nSPS) is 17.0. The maximum absolute atomic E-state index is 13.2. The number of aliphatic hydroxyl groups is 1. The van der Waals surface area contributed by atoms with E-state index in [1.54, 1.807) is 24.3 Å². The number of benzene rings is 1. The molecule has 0 saturated heterocycles. The first-order valence-corrected chi connectivity index (χ1v) is 11.3. The number of carbonyl (C=O) groups excluding carboxylic acids is 1. The summed E-state index contributed by atoms with van der Waals surface area (Å²) >= 11 is 1.75. The summed E-state index contributed by atoms with van der Waals surface area (Å²) in [4.78, 5) is 18.5. The first-order valence-electron chi connectivity index (χ1n) is 10.5. The molecule has 1 aliphatic heterocycles. The highest BCUT2D eigenvalue weighted by molar-refractivity contribution is 7.10. The molecule has 0 unspecified atom stereocenters. The van der Waals surface area contributed by atoms with Gasteiger partial charge in [0.25, 0.3) is 0 Å². The zero-order valence-corrected chi connectivity index (χ0v) is 19.0. The van der Waals surface area contributed by atoms with Crippen LogP contribution in [0.1, 0.15) is 34.5 Å². The maximum atomic E-state index is 13.2. The summed E-state index contributed by atoms with van der Waals surface area (Å²) in [6, 6.07) is 8.17. The van der Waals surface area contributed by atoms with Crippen LogP contribution in [-0.4, -0.2) is 59.7 Å². The summed E-state index contributed by atoms with van der Waals surface area (Å²) < 4.78 is 6.20. The van der Waals surface area contributed by atoms with Crippen molar-refractivity contribution in [1.29, 1.82) is 0 Å². The van der Waals surface area contributed by atoms with Gasteiger partial charge in [-0.1, -0.05) is 23.8 Å². The Morgan fingerprint density at radius 1 is 1.43 bits per heavy atom. The van der Waals surface area contributed by atoms with E-state index in [1.807, 2.05) is 28.9 Å². The van der Waals surface area contributed by atoms with Crippen molar-refractivity contribution in [2.24, 2.45) is 0 Å². The molecule has 1 aliphatic rings. The van der Waals surface area contributed by atoms with Gasteiger partial charge in [0.2, 0.25) is 5.91 Å². The van der Waals surface area contributed by atoms with Crippen LogP contribution < -0.4 is 4.74 Å². The summed E-state index contributed by atoms with van der Waals surface area (Å²) in [6.45, 7) is 12.0. The molecule has 0 aliphatic carbocycles. The minimum absolute atomic E-state index is 0.0589. The molecular formula is C24H32N2O3S. The molecule has 1 aromatic heterocycles. The third kappa shape index (κ3) is 5.50. The lowest BCUT2D eigenvalue weighted by Gasteiger charge is -2.37. The molecule has 2 atom stereocenters. The summed E-state index contributed by atoms with van der Waals surface area (Å²) in [6.07, 6.45) is 2.14. The summed E-state index contributed by atoms with van der Waals surface area (Å²) in [5, 5.41) is 11.9. The molecule has 0 bridgehead atoms. The van der Waals surface area contributed by atoms with Gasteiger partial charge in [-0.3, -0.25) is 9.69 Å². The molecule has 1 aromatic carbocycles. The van der Waals surface area contributed by atoms with E-state index in [1.165, 1.54) is 16.0 Å². The van der Waals surface area contributed by atoms with Gasteiger partial charge in [0.05, 0.1) is 18.7 Å². The van der Waals surface area contributed by atoms with Crippen LogP contribution in [0, 0.1) is 13.8 Å². The highest BCUT2D eigenvalue weighted by atomic mass is 32.1. The zero-order chi connectivity index (χ0) is 21.7. The molecule has 1 N–H and O–H groups in total. The third-order valence-corrected chi connectivity index (χ3v) is 6.41. The van der Waals surface area contributed by atoms with Gasteiger partial charge < -0.3 is 14.7 Å². The molecule has 162 valence electrons. The Morgan fingerprint density at radius 3 is 2.93 bits per heavy atom. The van der Waals surface area contributed by atoms with Crippen LogP contribution in [0.15, 0.2) is 42.3 Å². The average Bonchev–Trinajstić information content (AvgIpc) is 3.15. The van der Waals surface area contributed by atoms with Gasteiger partial charge in [-0.15, -0.1) is 17.9 Å². The van der Waals surface area contributed by atoms with Gasteiger partial charge in [0, 0.05) is 24.5 Å². The zero-order valence-electron chi connectivity index (χ0n) is 18.1. The fourth-order valence-electron chi connectivity index (χ4n) is 4.05. The van der Waals surface area contributed by atoms with Gasteiger partial charge in [0.1, 0.15) is 12.4 Å². The summed E-state index contributed by atoms with van der Waals surface area (Å²) in [5.41, 5.74) is 3.49. The standard InChI is InChI=1S/C24H32N2O3S/c1-5-10-25(14-19(4)27)15-24(28)26-11-8-23-20(9-12-30-23)21(26)16-29-22-7-6-17(2)13-18(22)3/h5-7,9,12-13,19,21,27H,1,8,10-11,14-16H2,2-4H3/t19-,21-/m0/s1. The lowest BCUT2D eigenvalue weighted by molar-refractivity contribution is -0.136. The lowest BCUT2D eigenvalue weighted by atomic mass is 10.00. The number of thiophene rings is 1. The second kappa shape index (κ2) is 10.2. The van der Waals surface area contributed by atoms with Crippen LogP contribution in [0.25, 0.3) is 0 Å². The Bertz CT molecular complexity index is 877. The fraction of sp³-hybridized carbons (Fsp3) is 0.458. The summed E-state index contributed by atoms with van der Waals surface area (Å²) in [5.74, 6) is 0.918. The number of amides is 1. The van der Waals surface area contributed by atoms with Gasteiger partial charge in [-0.05, 0) is 55.8 Å². The van der Waals surface area contributed by atoms with Gasteiger partial charge >= 0.3 is 0 Å². The highest BCUT2D eigenvalue weighted by Gasteiger charge is 2.33. The van der Waals surface area contributed by atoms with Crippen molar-refractivity contribution in [1.82, 2.24) is 9.80 Å². The van der Waals surface area contributed by atoms with E-state index in [0.717, 1.165) is 17.7 Å². The molecule has 5 nitrogen and oxygen atoms in total. The molecule has 0 fully saturated rings. The van der Waals surface area contributed by atoms with Crippen LogP contribution in [0.2, 0.25) is 0 Å². The fourth-order valence-corrected chi connectivity index (χ4v) is 4.97. The Hall–Kier alpha value is -2.15. The molecule has 1 amide bonds. The molecule has 30 heavy (non-hydrogen) atoms. The molecule has 0 saturated carbocycles. The number of rotatable bonds is 9. The van der Waals surface area contributed by atoms with Gasteiger partial charge in [-0.25, -0.2) is 0 Å². The Morgan fingerprint density at radius 2 is 2.23 bits per heavy atom. The number of hydrogen-bond acceptors (Lipinski definition) is 5. The SMILES string of the molecule is C=CCN(CC(=O)N1CCc2sccc2[C@@H]1COc1ccc(C)cc1C)C[C@H](C)O. The topological polar surface area (TPSA) is 53.0 Å². The van der Waals surface area contributed by atoms with E-state index in [9.17, 15) is 9.90 Å². The molecular weight excluding hydrogens is 396 g/mol. The van der Waals surface area contributed by atoms with Crippen molar-refractivity contribution in [3.05, 3.63) is 63.9 Å². The first kappa shape index (κ1) is 22.5. The van der Waals surface area contributed by atoms with Crippen LogP contribution in [-0.2, 0) is 11.2 Å². The Kier molecular flexibility index (Phi) is 7.69. The van der Waals surface area contributed by atoms with Crippen LogP contribution >= 0.6 is 11.3 Å². The molecule has 6 heteroatoms. The average molecular weight is 429 g/mol. The second-order valence-corrected chi connectivity index (χ2v) is 9.06. The molecule has 2 aromatic rings. The van der Waals surface area contributed by atoms with Crippen LogP contribution in [0.4, 0.5) is 0 Å². The van der Waals surface area contributed by atoms with E-state index >= 15 is 0 Å². The van der Waals surface area contributed by atoms with Gasteiger partial charge in [0.15, 0.2) is 0 Å². The van der Waals surface area contributed by atoms with Crippen molar-refractivity contribution in [3.63, 3.8) is 0 Å². The third-order valence-electron chi connectivity index (χ3n) is 5.41. The van der Waals surface area contributed by atoms with Crippen LogP contribution in [0.3, 0.4) is 0 Å². The Balaban J connectivity index is 1.76. The predicted octanol–water partition coefficient (Wildman–Crippen LogP) is 3.74. The first-order chi connectivity index (χ1) is 14.4. The Labute approximate surface area is 183 Å². The van der Waals surface area contributed by atoms with E-state index < -0.39 is 6.10 Å². The minimum Gasteiger partial charge on any atom is -0.491 e. The van der Waals surface area contributed by atoms with E-state index in [4.69, 9.17) is 4.74 Å². The van der Waals surface area contributed by atoms with E-state index in [2.05, 4.69) is 31.0 Å². The lowest BCUT2D eigenvalue weighted by Crippen LogP contribution is -2.47.